The van der Waals surface area contributed by atoms with Crippen LogP contribution in [0.3, 0.4) is 0 Å². The number of aromatic amines is 1. The van der Waals surface area contributed by atoms with Crippen LogP contribution in [0.25, 0.3) is 11.0 Å². The van der Waals surface area contributed by atoms with Gasteiger partial charge in [0.25, 0.3) is 0 Å². The van der Waals surface area contributed by atoms with Crippen molar-refractivity contribution in [2.75, 3.05) is 12.4 Å². The SMILES string of the molecule is COc1cccc(CNc2ccc3nc(C)[nH]c3c2)c1O. The highest BCUT2D eigenvalue weighted by atomic mass is 16.5. The molecule has 108 valence electrons. The number of hydrogen-bond donors (Lipinski definition) is 3. The molecule has 0 amide bonds. The number of methoxy groups -OCH3 is 1. The summed E-state index contributed by atoms with van der Waals surface area (Å²) in [5.41, 5.74) is 3.69. The molecule has 5 heteroatoms. The maximum atomic E-state index is 10.1. The molecule has 0 bridgehead atoms. The van der Waals surface area contributed by atoms with Gasteiger partial charge >= 0.3 is 0 Å². The zero-order valence-corrected chi connectivity index (χ0v) is 12.0. The standard InChI is InChI=1S/C16H17N3O2/c1-10-18-13-7-6-12(8-14(13)19-10)17-9-11-4-3-5-15(21-2)16(11)20/h3-8,17,20H,9H2,1-2H3,(H,18,19). The zero-order chi connectivity index (χ0) is 14.8. The van der Waals surface area contributed by atoms with Gasteiger partial charge in [-0.05, 0) is 31.2 Å². The lowest BCUT2D eigenvalue weighted by molar-refractivity contribution is 0.371. The van der Waals surface area contributed by atoms with Gasteiger partial charge in [0, 0.05) is 17.8 Å². The highest BCUT2D eigenvalue weighted by molar-refractivity contribution is 5.79. The monoisotopic (exact) mass is 283 g/mol. The normalized spacial score (nSPS) is 10.8. The summed E-state index contributed by atoms with van der Waals surface area (Å²) in [6.45, 7) is 2.45. The van der Waals surface area contributed by atoms with Crippen molar-refractivity contribution in [3.05, 3.63) is 47.8 Å². The van der Waals surface area contributed by atoms with Crippen LogP contribution in [0.2, 0.25) is 0 Å². The Morgan fingerprint density at radius 3 is 2.95 bits per heavy atom. The van der Waals surface area contributed by atoms with Crippen molar-refractivity contribution in [1.29, 1.82) is 0 Å². The molecule has 0 aliphatic heterocycles. The summed E-state index contributed by atoms with van der Waals surface area (Å²) in [6.07, 6.45) is 0. The first kappa shape index (κ1) is 13.3. The van der Waals surface area contributed by atoms with E-state index in [1.807, 2.05) is 37.3 Å². The Bertz CT molecular complexity index is 780. The summed E-state index contributed by atoms with van der Waals surface area (Å²) < 4.78 is 5.11. The number of benzene rings is 2. The Balaban J connectivity index is 1.80. The summed E-state index contributed by atoms with van der Waals surface area (Å²) in [6, 6.07) is 11.4. The molecule has 0 aliphatic carbocycles. The minimum atomic E-state index is 0.172. The van der Waals surface area contributed by atoms with Gasteiger partial charge in [0.05, 0.1) is 18.1 Å². The average molecular weight is 283 g/mol. The van der Waals surface area contributed by atoms with Crippen LogP contribution >= 0.6 is 0 Å². The van der Waals surface area contributed by atoms with Gasteiger partial charge < -0.3 is 20.1 Å². The third-order valence-corrected chi connectivity index (χ3v) is 3.39. The number of aryl methyl sites for hydroxylation is 1. The van der Waals surface area contributed by atoms with Crippen molar-refractivity contribution < 1.29 is 9.84 Å². The summed E-state index contributed by atoms with van der Waals surface area (Å²) >= 11 is 0. The second-order valence-electron chi connectivity index (χ2n) is 4.88. The van der Waals surface area contributed by atoms with Gasteiger partial charge in [0.15, 0.2) is 11.5 Å². The number of anilines is 1. The largest absolute Gasteiger partial charge is 0.504 e. The number of phenolic OH excluding ortho intramolecular Hbond substituents is 1. The van der Waals surface area contributed by atoms with E-state index in [2.05, 4.69) is 15.3 Å². The van der Waals surface area contributed by atoms with E-state index in [1.165, 1.54) is 0 Å². The van der Waals surface area contributed by atoms with Gasteiger partial charge in [-0.3, -0.25) is 0 Å². The number of rotatable bonds is 4. The van der Waals surface area contributed by atoms with Crippen LogP contribution < -0.4 is 10.1 Å². The van der Waals surface area contributed by atoms with Crippen LogP contribution in [0, 0.1) is 6.92 Å². The van der Waals surface area contributed by atoms with Crippen molar-refractivity contribution in [2.45, 2.75) is 13.5 Å². The number of aromatic nitrogens is 2. The molecule has 0 radical (unpaired) electrons. The summed E-state index contributed by atoms with van der Waals surface area (Å²) in [5.74, 6) is 1.55. The Labute approximate surface area is 122 Å². The molecule has 1 aromatic heterocycles. The topological polar surface area (TPSA) is 70.2 Å². The van der Waals surface area contributed by atoms with Crippen LogP contribution in [0.5, 0.6) is 11.5 Å². The Morgan fingerprint density at radius 2 is 2.14 bits per heavy atom. The lowest BCUT2D eigenvalue weighted by atomic mass is 10.1. The molecule has 3 aromatic rings. The first-order valence-corrected chi connectivity index (χ1v) is 6.72. The fraction of sp³-hybridized carbons (Fsp3) is 0.188. The Kier molecular flexibility index (Phi) is 3.39. The van der Waals surface area contributed by atoms with E-state index in [-0.39, 0.29) is 5.75 Å². The molecule has 0 atom stereocenters. The summed E-state index contributed by atoms with van der Waals surface area (Å²) in [7, 11) is 1.54. The minimum Gasteiger partial charge on any atom is -0.504 e. The molecule has 5 nitrogen and oxygen atoms in total. The number of nitrogens with zero attached hydrogens (tertiary/aromatic N) is 1. The number of H-pyrrole nitrogens is 1. The van der Waals surface area contributed by atoms with Crippen molar-refractivity contribution in [3.8, 4) is 11.5 Å². The Morgan fingerprint density at radius 1 is 1.29 bits per heavy atom. The van der Waals surface area contributed by atoms with Crippen molar-refractivity contribution in [3.63, 3.8) is 0 Å². The first-order chi connectivity index (χ1) is 10.2. The first-order valence-electron chi connectivity index (χ1n) is 6.72. The highest BCUT2D eigenvalue weighted by Crippen LogP contribution is 2.30. The molecule has 0 spiro atoms. The van der Waals surface area contributed by atoms with Crippen LogP contribution in [0.4, 0.5) is 5.69 Å². The number of para-hydroxylation sites is 1. The molecule has 3 N–H and O–H groups in total. The molecule has 2 aromatic carbocycles. The van der Waals surface area contributed by atoms with E-state index in [9.17, 15) is 5.11 Å². The molecule has 21 heavy (non-hydrogen) atoms. The molecule has 1 heterocycles. The van der Waals surface area contributed by atoms with E-state index in [1.54, 1.807) is 13.2 Å². The van der Waals surface area contributed by atoms with Crippen LogP contribution in [0.1, 0.15) is 11.4 Å². The number of fused-ring (bicyclic) bond motifs is 1. The van der Waals surface area contributed by atoms with Crippen LogP contribution in [0.15, 0.2) is 36.4 Å². The fourth-order valence-corrected chi connectivity index (χ4v) is 2.32. The number of hydrogen-bond acceptors (Lipinski definition) is 4. The molecule has 0 saturated heterocycles. The van der Waals surface area contributed by atoms with Gasteiger partial charge in [-0.25, -0.2) is 4.98 Å². The smallest absolute Gasteiger partial charge is 0.162 e. The number of nitrogens with one attached hydrogen (secondary N) is 2. The van der Waals surface area contributed by atoms with Crippen molar-refractivity contribution in [1.82, 2.24) is 9.97 Å². The second kappa shape index (κ2) is 5.36. The van der Waals surface area contributed by atoms with Gasteiger partial charge in [0.2, 0.25) is 0 Å². The summed E-state index contributed by atoms with van der Waals surface area (Å²) in [4.78, 5) is 7.58. The van der Waals surface area contributed by atoms with Crippen LogP contribution in [-0.2, 0) is 6.54 Å². The average Bonchev–Trinajstić information content (AvgIpc) is 2.85. The third kappa shape index (κ3) is 2.63. The van der Waals surface area contributed by atoms with E-state index >= 15 is 0 Å². The quantitative estimate of drug-likeness (QED) is 0.687. The minimum absolute atomic E-state index is 0.172. The number of ether oxygens (including phenoxy) is 1. The molecule has 0 saturated carbocycles. The second-order valence-corrected chi connectivity index (χ2v) is 4.88. The zero-order valence-electron chi connectivity index (χ0n) is 12.0. The lowest BCUT2D eigenvalue weighted by Crippen LogP contribution is -2.00. The van der Waals surface area contributed by atoms with Gasteiger partial charge in [-0.15, -0.1) is 0 Å². The molecule has 0 fully saturated rings. The number of phenols is 1. The molecule has 0 unspecified atom stereocenters. The number of aromatic hydroxyl groups is 1. The van der Waals surface area contributed by atoms with E-state index in [0.717, 1.165) is 28.1 Å². The maximum absolute atomic E-state index is 10.1. The predicted molar refractivity (Wildman–Crippen MR) is 82.8 cm³/mol. The lowest BCUT2D eigenvalue weighted by Gasteiger charge is -2.10. The van der Waals surface area contributed by atoms with E-state index in [4.69, 9.17) is 4.74 Å². The van der Waals surface area contributed by atoms with Gasteiger partial charge in [0.1, 0.15) is 5.82 Å². The molecular weight excluding hydrogens is 266 g/mol. The van der Waals surface area contributed by atoms with Gasteiger partial charge in [-0.1, -0.05) is 12.1 Å². The predicted octanol–water partition coefficient (Wildman–Crippen LogP) is 3.20. The molecular formula is C16H17N3O2. The van der Waals surface area contributed by atoms with Crippen molar-refractivity contribution in [2.24, 2.45) is 0 Å². The van der Waals surface area contributed by atoms with E-state index in [0.29, 0.717) is 12.3 Å². The maximum Gasteiger partial charge on any atom is 0.162 e. The molecule has 0 aliphatic rings. The summed E-state index contributed by atoms with van der Waals surface area (Å²) in [5, 5.41) is 13.4. The van der Waals surface area contributed by atoms with Crippen LogP contribution in [-0.4, -0.2) is 22.2 Å². The van der Waals surface area contributed by atoms with Crippen molar-refractivity contribution >= 4 is 16.7 Å². The highest BCUT2D eigenvalue weighted by Gasteiger charge is 2.07. The fourth-order valence-electron chi connectivity index (χ4n) is 2.32. The molecule has 3 rings (SSSR count). The number of imidazole rings is 1. The Hall–Kier alpha value is -2.69. The van der Waals surface area contributed by atoms with E-state index < -0.39 is 0 Å². The third-order valence-electron chi connectivity index (χ3n) is 3.39. The van der Waals surface area contributed by atoms with Gasteiger partial charge in [-0.2, -0.15) is 0 Å².